The summed E-state index contributed by atoms with van der Waals surface area (Å²) in [6.45, 7) is 1.13. The summed E-state index contributed by atoms with van der Waals surface area (Å²) in [5.74, 6) is 0.767. The van der Waals surface area contributed by atoms with Crippen LogP contribution < -0.4 is 9.47 Å². The first-order valence-electron chi connectivity index (χ1n) is 12.0. The highest BCUT2D eigenvalue weighted by Gasteiger charge is 2.33. The lowest BCUT2D eigenvalue weighted by atomic mass is 10.1. The highest BCUT2D eigenvalue weighted by molar-refractivity contribution is 9.10. The number of non-ortho nitro benzene ring substituents is 1. The molecule has 11 heteroatoms. The molecular formula is C28H26BrN3O6S. The number of methoxy groups -OCH3 is 2. The van der Waals surface area contributed by atoms with E-state index in [1.165, 1.54) is 31.0 Å². The fourth-order valence-electron chi connectivity index (χ4n) is 3.80. The zero-order chi connectivity index (χ0) is 27.8. The Morgan fingerprint density at radius 3 is 2.62 bits per heavy atom. The van der Waals surface area contributed by atoms with Crippen LogP contribution in [0.25, 0.3) is 6.08 Å². The standard InChI is InChI=1S/C28H26BrN3O6S/c1-36-13-7-12-31-27(33)25(39-28(31)30-21-9-4-3-5-10-21)17-20-15-23(29)26(24(16-20)37-2)38-18-19-8-6-11-22(14-19)32(34)35/h3-6,8-11,14-17H,7,12-13,18H2,1-2H3/b25-17-,30-28?. The van der Waals surface area contributed by atoms with E-state index in [0.29, 0.717) is 51.2 Å². The van der Waals surface area contributed by atoms with Crippen LogP contribution in [0, 0.1) is 10.1 Å². The van der Waals surface area contributed by atoms with Crippen molar-refractivity contribution in [1.29, 1.82) is 0 Å². The lowest BCUT2D eigenvalue weighted by Gasteiger charge is -2.15. The summed E-state index contributed by atoms with van der Waals surface area (Å²) < 4.78 is 17.3. The van der Waals surface area contributed by atoms with Crippen molar-refractivity contribution in [1.82, 2.24) is 4.90 Å². The summed E-state index contributed by atoms with van der Waals surface area (Å²) in [4.78, 5) is 30.9. The second kappa shape index (κ2) is 13.4. The Hall–Kier alpha value is -3.67. The van der Waals surface area contributed by atoms with Gasteiger partial charge in [0, 0.05) is 32.4 Å². The van der Waals surface area contributed by atoms with E-state index < -0.39 is 4.92 Å². The number of halogens is 1. The maximum Gasteiger partial charge on any atom is 0.269 e. The Morgan fingerprint density at radius 1 is 1.10 bits per heavy atom. The number of thioether (sulfide) groups is 1. The van der Waals surface area contributed by atoms with Crippen LogP contribution in [0.1, 0.15) is 17.5 Å². The number of hydrogen-bond donors (Lipinski definition) is 0. The van der Waals surface area contributed by atoms with Gasteiger partial charge in [0.15, 0.2) is 16.7 Å². The molecule has 0 saturated carbocycles. The molecule has 3 aromatic rings. The molecule has 1 fully saturated rings. The van der Waals surface area contributed by atoms with Crippen molar-refractivity contribution < 1.29 is 23.9 Å². The van der Waals surface area contributed by atoms with Crippen LogP contribution in [-0.2, 0) is 16.1 Å². The minimum atomic E-state index is -0.445. The number of amides is 1. The maximum absolute atomic E-state index is 13.3. The molecule has 1 saturated heterocycles. The molecule has 39 heavy (non-hydrogen) atoms. The van der Waals surface area contributed by atoms with Gasteiger partial charge in [0.05, 0.1) is 27.1 Å². The van der Waals surface area contributed by atoms with Gasteiger partial charge in [-0.15, -0.1) is 0 Å². The van der Waals surface area contributed by atoms with Gasteiger partial charge >= 0.3 is 0 Å². The monoisotopic (exact) mass is 611 g/mol. The summed E-state index contributed by atoms with van der Waals surface area (Å²) in [6, 6.07) is 19.4. The molecule has 0 unspecified atom stereocenters. The lowest BCUT2D eigenvalue weighted by molar-refractivity contribution is -0.384. The van der Waals surface area contributed by atoms with E-state index in [4.69, 9.17) is 19.2 Å². The van der Waals surface area contributed by atoms with Crippen molar-refractivity contribution in [3.05, 3.63) is 97.3 Å². The Labute approximate surface area is 238 Å². The molecule has 0 bridgehead atoms. The first-order valence-corrected chi connectivity index (χ1v) is 13.6. The van der Waals surface area contributed by atoms with Gasteiger partial charge in [-0.3, -0.25) is 19.8 Å². The van der Waals surface area contributed by atoms with E-state index in [0.717, 1.165) is 11.3 Å². The van der Waals surface area contributed by atoms with Gasteiger partial charge in [0.25, 0.3) is 11.6 Å². The number of amidine groups is 1. The van der Waals surface area contributed by atoms with Crippen LogP contribution in [0.5, 0.6) is 11.5 Å². The number of nitro benzene ring substituents is 1. The molecule has 202 valence electrons. The number of nitrogens with zero attached hydrogens (tertiary/aromatic N) is 3. The van der Waals surface area contributed by atoms with E-state index in [1.807, 2.05) is 36.4 Å². The van der Waals surface area contributed by atoms with Gasteiger partial charge in [-0.1, -0.05) is 30.3 Å². The summed E-state index contributed by atoms with van der Waals surface area (Å²) in [7, 11) is 3.16. The number of hydrogen-bond acceptors (Lipinski definition) is 8. The first kappa shape index (κ1) is 28.3. The number of benzene rings is 3. The van der Waals surface area contributed by atoms with Crippen molar-refractivity contribution in [3.8, 4) is 11.5 Å². The van der Waals surface area contributed by atoms with Crippen molar-refractivity contribution in [2.75, 3.05) is 27.4 Å². The summed E-state index contributed by atoms with van der Waals surface area (Å²) in [5, 5.41) is 11.7. The highest BCUT2D eigenvalue weighted by Crippen LogP contribution is 2.40. The number of aliphatic imine (C=N–C) groups is 1. The fourth-order valence-corrected chi connectivity index (χ4v) is 5.40. The topological polar surface area (TPSA) is 104 Å². The maximum atomic E-state index is 13.3. The van der Waals surface area contributed by atoms with E-state index in [2.05, 4.69) is 15.9 Å². The lowest BCUT2D eigenvalue weighted by Crippen LogP contribution is -2.30. The van der Waals surface area contributed by atoms with Gasteiger partial charge < -0.3 is 14.2 Å². The van der Waals surface area contributed by atoms with Crippen molar-refractivity contribution >= 4 is 56.2 Å². The first-order chi connectivity index (χ1) is 18.9. The Balaban J connectivity index is 1.58. The quantitative estimate of drug-likeness (QED) is 0.104. The van der Waals surface area contributed by atoms with E-state index >= 15 is 0 Å². The highest BCUT2D eigenvalue weighted by atomic mass is 79.9. The van der Waals surface area contributed by atoms with Gasteiger partial charge in [-0.2, -0.15) is 0 Å². The van der Waals surface area contributed by atoms with Gasteiger partial charge in [-0.05, 0) is 75.6 Å². The molecule has 3 aromatic carbocycles. The minimum absolute atomic E-state index is 0.00530. The fraction of sp³-hybridized carbons (Fsp3) is 0.214. The van der Waals surface area contributed by atoms with Crippen LogP contribution in [0.15, 0.2) is 81.1 Å². The second-order valence-corrected chi connectivity index (χ2v) is 10.3. The normalized spacial score (nSPS) is 15.3. The van der Waals surface area contributed by atoms with Crippen LogP contribution in [0.3, 0.4) is 0 Å². The van der Waals surface area contributed by atoms with Crippen molar-refractivity contribution in [3.63, 3.8) is 0 Å². The largest absolute Gasteiger partial charge is 0.493 e. The molecule has 4 rings (SSSR count). The number of carbonyl (C=O) groups excluding carboxylic acids is 1. The summed E-state index contributed by atoms with van der Waals surface area (Å²) in [6.07, 6.45) is 2.47. The smallest absolute Gasteiger partial charge is 0.269 e. The second-order valence-electron chi connectivity index (χ2n) is 8.39. The van der Waals surface area contributed by atoms with Gasteiger partial charge in [0.1, 0.15) is 6.61 Å². The number of nitro groups is 1. The molecule has 0 N–H and O–H groups in total. The number of para-hydroxylation sites is 1. The number of ether oxygens (including phenoxy) is 3. The van der Waals surface area contributed by atoms with Crippen LogP contribution in [0.2, 0.25) is 0 Å². The predicted molar refractivity (Wildman–Crippen MR) is 155 cm³/mol. The third kappa shape index (κ3) is 7.25. The SMILES string of the molecule is COCCCN1C(=O)/C(=C/c2cc(Br)c(OCc3cccc([N+](=O)[O-])c3)c(OC)c2)SC1=Nc1ccccc1. The molecule has 0 spiro atoms. The molecule has 1 aliphatic heterocycles. The Kier molecular flexibility index (Phi) is 9.74. The summed E-state index contributed by atoms with van der Waals surface area (Å²) in [5.41, 5.74) is 2.14. The summed E-state index contributed by atoms with van der Waals surface area (Å²) >= 11 is 4.86. The predicted octanol–water partition coefficient (Wildman–Crippen LogP) is 6.59. The molecule has 0 aromatic heterocycles. The van der Waals surface area contributed by atoms with Crippen molar-refractivity contribution in [2.45, 2.75) is 13.0 Å². The Morgan fingerprint density at radius 2 is 1.90 bits per heavy atom. The van der Waals surface area contributed by atoms with E-state index in [1.54, 1.807) is 36.3 Å². The molecule has 1 heterocycles. The molecule has 0 radical (unpaired) electrons. The van der Waals surface area contributed by atoms with Crippen molar-refractivity contribution in [2.24, 2.45) is 4.99 Å². The zero-order valence-electron chi connectivity index (χ0n) is 21.3. The number of carbonyl (C=O) groups is 1. The number of rotatable bonds is 11. The van der Waals surface area contributed by atoms with Gasteiger partial charge in [0.2, 0.25) is 0 Å². The molecule has 1 aliphatic rings. The average molecular weight is 613 g/mol. The minimum Gasteiger partial charge on any atom is -0.493 e. The molecular weight excluding hydrogens is 586 g/mol. The van der Waals surface area contributed by atoms with Crippen LogP contribution >= 0.6 is 27.7 Å². The zero-order valence-corrected chi connectivity index (χ0v) is 23.7. The molecule has 0 atom stereocenters. The van der Waals surface area contributed by atoms with Gasteiger partial charge in [-0.25, -0.2) is 4.99 Å². The average Bonchev–Trinajstić information content (AvgIpc) is 3.21. The van der Waals surface area contributed by atoms with Crippen LogP contribution in [0.4, 0.5) is 11.4 Å². The Bertz CT molecular complexity index is 1410. The van der Waals surface area contributed by atoms with Crippen LogP contribution in [-0.4, -0.2) is 48.3 Å². The molecule has 1 amide bonds. The third-order valence-corrected chi connectivity index (χ3v) is 7.25. The molecule has 0 aliphatic carbocycles. The van der Waals surface area contributed by atoms with E-state index in [-0.39, 0.29) is 18.2 Å². The third-order valence-electron chi connectivity index (χ3n) is 5.65. The van der Waals surface area contributed by atoms with E-state index in [9.17, 15) is 14.9 Å². The molecule has 9 nitrogen and oxygen atoms in total.